The van der Waals surface area contributed by atoms with Crippen LogP contribution in [-0.4, -0.2) is 0 Å². The number of hydrogen-bond donors (Lipinski definition) is 0. The molecule has 54 heavy (non-hydrogen) atoms. The van der Waals surface area contributed by atoms with E-state index in [0.29, 0.717) is 0 Å². The lowest BCUT2D eigenvalue weighted by Crippen LogP contribution is -2.10. The van der Waals surface area contributed by atoms with Gasteiger partial charge >= 0.3 is 0 Å². The largest absolute Gasteiger partial charge is 0.455 e. The maximum atomic E-state index is 6.86. The third kappa shape index (κ3) is 5.71. The van der Waals surface area contributed by atoms with E-state index in [4.69, 9.17) is 4.42 Å². The molecule has 0 fully saturated rings. The van der Waals surface area contributed by atoms with Gasteiger partial charge in [0.15, 0.2) is 0 Å². The predicted molar refractivity (Wildman–Crippen MR) is 228 cm³/mol. The van der Waals surface area contributed by atoms with Gasteiger partial charge in [-0.25, -0.2) is 0 Å². The van der Waals surface area contributed by atoms with Crippen molar-refractivity contribution < 1.29 is 4.42 Å². The highest BCUT2D eigenvalue weighted by Crippen LogP contribution is 2.45. The van der Waals surface area contributed by atoms with Crippen molar-refractivity contribution in [3.63, 3.8) is 0 Å². The summed E-state index contributed by atoms with van der Waals surface area (Å²) in [6.07, 6.45) is 0. The number of fused-ring (bicyclic) bond motifs is 5. The molecule has 0 unspecified atom stereocenters. The van der Waals surface area contributed by atoms with Gasteiger partial charge in [-0.05, 0) is 86.3 Å². The van der Waals surface area contributed by atoms with Crippen LogP contribution in [0.4, 0.5) is 17.1 Å². The van der Waals surface area contributed by atoms with Crippen molar-refractivity contribution in [1.29, 1.82) is 0 Å². The molecule has 1 heterocycles. The predicted octanol–water partition coefficient (Wildman–Crippen LogP) is 14.9. The Balaban J connectivity index is 1.13. The van der Waals surface area contributed by atoms with E-state index in [1.54, 1.807) is 0 Å². The molecule has 10 rings (SSSR count). The van der Waals surface area contributed by atoms with Crippen molar-refractivity contribution >= 4 is 49.8 Å². The molecular weight excluding hydrogens is 655 g/mol. The highest BCUT2D eigenvalue weighted by Gasteiger charge is 2.21. The van der Waals surface area contributed by atoms with Gasteiger partial charge < -0.3 is 9.32 Å². The SMILES string of the molecule is c1ccc(-c2ccc(-c3ccc(N(c4ccc(-c5ccccc5)cc4)c4cc(-c5ccccc5)c5c(c4)oc4c6ccccc6ccc45)cc3)cc2)cc1. The fourth-order valence-corrected chi connectivity index (χ4v) is 7.76. The second-order valence-electron chi connectivity index (χ2n) is 13.7. The molecule has 0 spiro atoms. The molecule has 0 amide bonds. The molecule has 2 heteroatoms. The fourth-order valence-electron chi connectivity index (χ4n) is 7.76. The summed E-state index contributed by atoms with van der Waals surface area (Å²) in [6, 6.07) is 75.7. The lowest BCUT2D eigenvalue weighted by Gasteiger charge is -2.26. The summed E-state index contributed by atoms with van der Waals surface area (Å²) in [5, 5.41) is 4.53. The average molecular weight is 690 g/mol. The van der Waals surface area contributed by atoms with Gasteiger partial charge in [0.05, 0.1) is 5.69 Å². The molecule has 10 aromatic rings. The van der Waals surface area contributed by atoms with Crippen LogP contribution < -0.4 is 4.90 Å². The third-order valence-electron chi connectivity index (χ3n) is 10.5. The monoisotopic (exact) mass is 689 g/mol. The Kier molecular flexibility index (Phi) is 7.85. The molecule has 0 aliphatic carbocycles. The average Bonchev–Trinajstić information content (AvgIpc) is 3.64. The summed E-state index contributed by atoms with van der Waals surface area (Å²) >= 11 is 0. The van der Waals surface area contributed by atoms with Gasteiger partial charge in [-0.15, -0.1) is 0 Å². The molecule has 0 aliphatic heterocycles. The molecule has 2 nitrogen and oxygen atoms in total. The molecule has 0 saturated carbocycles. The van der Waals surface area contributed by atoms with Crippen LogP contribution in [0.5, 0.6) is 0 Å². The molecule has 1 aromatic heterocycles. The Bertz CT molecular complexity index is 2880. The lowest BCUT2D eigenvalue weighted by molar-refractivity contribution is 0.673. The first-order valence-electron chi connectivity index (χ1n) is 18.4. The third-order valence-corrected chi connectivity index (χ3v) is 10.5. The minimum absolute atomic E-state index is 0.860. The molecule has 0 bridgehead atoms. The van der Waals surface area contributed by atoms with Crippen LogP contribution in [0.3, 0.4) is 0 Å². The van der Waals surface area contributed by atoms with E-state index >= 15 is 0 Å². The van der Waals surface area contributed by atoms with E-state index in [-0.39, 0.29) is 0 Å². The Morgan fingerprint density at radius 1 is 0.315 bits per heavy atom. The smallest absolute Gasteiger partial charge is 0.143 e. The van der Waals surface area contributed by atoms with Gasteiger partial charge in [0.1, 0.15) is 11.2 Å². The van der Waals surface area contributed by atoms with E-state index in [9.17, 15) is 0 Å². The van der Waals surface area contributed by atoms with Crippen LogP contribution in [0.25, 0.3) is 77.2 Å². The molecule has 0 saturated heterocycles. The van der Waals surface area contributed by atoms with E-state index in [1.165, 1.54) is 38.8 Å². The zero-order valence-electron chi connectivity index (χ0n) is 29.6. The summed E-state index contributed by atoms with van der Waals surface area (Å²) in [7, 11) is 0. The second-order valence-corrected chi connectivity index (χ2v) is 13.7. The number of rotatable bonds is 7. The van der Waals surface area contributed by atoms with Crippen LogP contribution in [0.1, 0.15) is 0 Å². The summed E-state index contributed by atoms with van der Waals surface area (Å²) in [6.45, 7) is 0. The van der Waals surface area contributed by atoms with Gasteiger partial charge in [-0.2, -0.15) is 0 Å². The van der Waals surface area contributed by atoms with Crippen LogP contribution in [0.15, 0.2) is 217 Å². The van der Waals surface area contributed by atoms with Crippen molar-refractivity contribution in [3.8, 4) is 44.5 Å². The number of anilines is 3. The quantitative estimate of drug-likeness (QED) is 0.166. The number of furan rings is 1. The lowest BCUT2D eigenvalue weighted by atomic mass is 9.96. The van der Waals surface area contributed by atoms with Crippen LogP contribution in [0.2, 0.25) is 0 Å². The minimum atomic E-state index is 0.860. The van der Waals surface area contributed by atoms with E-state index < -0.39 is 0 Å². The van der Waals surface area contributed by atoms with Crippen molar-refractivity contribution in [2.45, 2.75) is 0 Å². The van der Waals surface area contributed by atoms with E-state index in [0.717, 1.165) is 55.5 Å². The number of benzene rings is 9. The molecule has 0 atom stereocenters. The molecular formula is C52H35NO. The van der Waals surface area contributed by atoms with Crippen molar-refractivity contribution in [3.05, 3.63) is 212 Å². The highest BCUT2D eigenvalue weighted by molar-refractivity contribution is 6.20. The normalized spacial score (nSPS) is 11.3. The van der Waals surface area contributed by atoms with Gasteiger partial charge in [-0.1, -0.05) is 170 Å². The number of nitrogens with zero attached hydrogens (tertiary/aromatic N) is 1. The first kappa shape index (κ1) is 31.6. The topological polar surface area (TPSA) is 16.4 Å². The van der Waals surface area contributed by atoms with Crippen LogP contribution in [-0.2, 0) is 0 Å². The Morgan fingerprint density at radius 2 is 0.759 bits per heavy atom. The Morgan fingerprint density at radius 3 is 1.30 bits per heavy atom. The Hall–Kier alpha value is -7.16. The summed E-state index contributed by atoms with van der Waals surface area (Å²) in [5.74, 6) is 0. The van der Waals surface area contributed by atoms with Gasteiger partial charge in [0.25, 0.3) is 0 Å². The van der Waals surface area contributed by atoms with Crippen LogP contribution in [0, 0.1) is 0 Å². The maximum absolute atomic E-state index is 6.86. The summed E-state index contributed by atoms with van der Waals surface area (Å²) in [5.41, 5.74) is 14.4. The molecule has 0 aliphatic rings. The summed E-state index contributed by atoms with van der Waals surface area (Å²) < 4.78 is 6.86. The minimum Gasteiger partial charge on any atom is -0.455 e. The zero-order chi connectivity index (χ0) is 35.8. The van der Waals surface area contributed by atoms with Gasteiger partial charge in [0.2, 0.25) is 0 Å². The highest BCUT2D eigenvalue weighted by atomic mass is 16.3. The van der Waals surface area contributed by atoms with Gasteiger partial charge in [0, 0.05) is 33.6 Å². The standard InChI is InChI=1S/C52H35NO/c1-4-12-36(13-5-1)38-20-22-39(23-21-38)41-26-31-45(32-27-41)53(44-29-24-40(25-30-44)37-14-6-2-7-15-37)46-34-49(42-16-8-3-9-17-42)51-48-33-28-43-18-10-11-19-47(43)52(48)54-50(51)35-46/h1-35H. The number of hydrogen-bond acceptors (Lipinski definition) is 2. The zero-order valence-corrected chi connectivity index (χ0v) is 29.6. The molecule has 0 N–H and O–H groups in total. The Labute approximate surface area is 314 Å². The summed E-state index contributed by atoms with van der Waals surface area (Å²) in [4.78, 5) is 2.34. The van der Waals surface area contributed by atoms with Crippen LogP contribution >= 0.6 is 0 Å². The first-order valence-corrected chi connectivity index (χ1v) is 18.4. The van der Waals surface area contributed by atoms with E-state index in [2.05, 4.69) is 217 Å². The maximum Gasteiger partial charge on any atom is 0.143 e. The molecule has 0 radical (unpaired) electrons. The molecule has 9 aromatic carbocycles. The fraction of sp³-hybridized carbons (Fsp3) is 0. The van der Waals surface area contributed by atoms with Gasteiger partial charge in [-0.3, -0.25) is 0 Å². The molecule has 254 valence electrons. The van der Waals surface area contributed by atoms with Crippen molar-refractivity contribution in [2.24, 2.45) is 0 Å². The first-order chi connectivity index (χ1) is 26.8. The van der Waals surface area contributed by atoms with E-state index in [1.807, 2.05) is 0 Å². The van der Waals surface area contributed by atoms with Crippen molar-refractivity contribution in [2.75, 3.05) is 4.90 Å². The second kappa shape index (κ2) is 13.4. The van der Waals surface area contributed by atoms with Crippen molar-refractivity contribution in [1.82, 2.24) is 0 Å².